The number of aromatic hydroxyl groups is 1. The maximum atomic E-state index is 13.8. The van der Waals surface area contributed by atoms with Gasteiger partial charge in [-0.1, -0.05) is 73.4 Å². The normalized spacial score (nSPS) is 13.8. The first-order valence-electron chi connectivity index (χ1n) is 12.8. The second-order valence-electron chi connectivity index (χ2n) is 9.92. The summed E-state index contributed by atoms with van der Waals surface area (Å²) in [5.41, 5.74) is 2.75. The number of halogens is 3. The molecule has 206 valence electrons. The summed E-state index contributed by atoms with van der Waals surface area (Å²) in [6.45, 7) is 9.61. The van der Waals surface area contributed by atoms with Crippen molar-refractivity contribution in [2.75, 3.05) is 31.1 Å². The van der Waals surface area contributed by atoms with Crippen LogP contribution in [0.1, 0.15) is 25.3 Å². The van der Waals surface area contributed by atoms with E-state index in [-0.39, 0.29) is 27.6 Å². The van der Waals surface area contributed by atoms with Crippen LogP contribution in [0.5, 0.6) is 5.75 Å². The predicted molar refractivity (Wildman–Crippen MR) is 163 cm³/mol. The van der Waals surface area contributed by atoms with Gasteiger partial charge in [-0.2, -0.15) is 4.98 Å². The van der Waals surface area contributed by atoms with Crippen molar-refractivity contribution >= 4 is 57.4 Å². The molecule has 4 aromatic rings. The molecule has 0 bridgehead atoms. The van der Waals surface area contributed by atoms with Gasteiger partial charge >= 0.3 is 5.69 Å². The number of anilines is 1. The summed E-state index contributed by atoms with van der Waals surface area (Å²) in [5.74, 6) is 0.426. The van der Waals surface area contributed by atoms with Gasteiger partial charge in [-0.3, -0.25) is 9.36 Å². The maximum absolute atomic E-state index is 13.8. The quantitative estimate of drug-likeness (QED) is 0.260. The lowest BCUT2D eigenvalue weighted by atomic mass is 9.99. The number of amides is 1. The van der Waals surface area contributed by atoms with Crippen molar-refractivity contribution in [2.24, 2.45) is 0 Å². The maximum Gasteiger partial charge on any atom is 0.354 e. The van der Waals surface area contributed by atoms with Crippen LogP contribution in [0.2, 0.25) is 15.1 Å². The Morgan fingerprint density at radius 3 is 2.38 bits per heavy atom. The number of aromatic nitrogens is 2. The summed E-state index contributed by atoms with van der Waals surface area (Å²) in [6, 6.07) is 14.1. The van der Waals surface area contributed by atoms with E-state index in [4.69, 9.17) is 34.8 Å². The third-order valence-electron chi connectivity index (χ3n) is 7.13. The van der Waals surface area contributed by atoms with Crippen LogP contribution in [-0.4, -0.2) is 51.6 Å². The van der Waals surface area contributed by atoms with Crippen molar-refractivity contribution in [1.29, 1.82) is 0 Å². The van der Waals surface area contributed by atoms with Gasteiger partial charge < -0.3 is 14.9 Å². The molecular weight excluding hydrogens is 571 g/mol. The highest BCUT2D eigenvalue weighted by molar-refractivity contribution is 6.44. The third-order valence-corrected chi connectivity index (χ3v) is 8.24. The van der Waals surface area contributed by atoms with Crippen molar-refractivity contribution in [3.05, 3.63) is 92.3 Å². The molecule has 1 aliphatic heterocycles. The zero-order chi connectivity index (χ0) is 28.7. The number of rotatable bonds is 5. The average Bonchev–Trinajstić information content (AvgIpc) is 2.94. The van der Waals surface area contributed by atoms with Crippen LogP contribution < -0.4 is 10.6 Å². The molecule has 5 rings (SSSR count). The van der Waals surface area contributed by atoms with Crippen molar-refractivity contribution in [2.45, 2.75) is 19.8 Å². The van der Waals surface area contributed by atoms with Gasteiger partial charge in [0, 0.05) is 53.8 Å². The van der Waals surface area contributed by atoms with Crippen molar-refractivity contribution < 1.29 is 9.90 Å². The summed E-state index contributed by atoms with van der Waals surface area (Å²) in [4.78, 5) is 34.2. The van der Waals surface area contributed by atoms with E-state index >= 15 is 0 Å². The van der Waals surface area contributed by atoms with Crippen molar-refractivity contribution in [3.8, 4) is 22.6 Å². The number of hydrogen-bond donors (Lipinski definition) is 1. The first-order valence-corrected chi connectivity index (χ1v) is 13.9. The Morgan fingerprint density at radius 1 is 1.00 bits per heavy atom. The lowest BCUT2D eigenvalue weighted by molar-refractivity contribution is -0.126. The molecule has 1 aromatic heterocycles. The minimum atomic E-state index is -0.450. The number of carbonyl (C=O) groups excluding carboxylic acids is 1. The fourth-order valence-electron chi connectivity index (χ4n) is 5.13. The molecule has 0 unspecified atom stereocenters. The van der Waals surface area contributed by atoms with Gasteiger partial charge in [-0.15, -0.1) is 0 Å². The minimum Gasteiger partial charge on any atom is -0.508 e. The van der Waals surface area contributed by atoms with Gasteiger partial charge in [0.25, 0.3) is 0 Å². The highest BCUT2D eigenvalue weighted by Crippen LogP contribution is 2.42. The van der Waals surface area contributed by atoms with E-state index in [2.05, 4.69) is 25.4 Å². The van der Waals surface area contributed by atoms with E-state index in [0.29, 0.717) is 64.7 Å². The van der Waals surface area contributed by atoms with Crippen LogP contribution >= 0.6 is 34.8 Å². The van der Waals surface area contributed by atoms with E-state index < -0.39 is 5.69 Å². The Bertz CT molecular complexity index is 1710. The topological polar surface area (TPSA) is 78.7 Å². The highest BCUT2D eigenvalue weighted by Gasteiger charge is 2.25. The number of nitrogens with zero attached hydrogens (tertiary/aromatic N) is 4. The monoisotopic (exact) mass is 596 g/mol. The first-order chi connectivity index (χ1) is 19.1. The second kappa shape index (κ2) is 11.2. The van der Waals surface area contributed by atoms with E-state index in [0.717, 1.165) is 5.56 Å². The summed E-state index contributed by atoms with van der Waals surface area (Å²) < 4.78 is 1.59. The Morgan fingerprint density at radius 2 is 1.70 bits per heavy atom. The zero-order valence-electron chi connectivity index (χ0n) is 22.0. The van der Waals surface area contributed by atoms with Gasteiger partial charge in [0.1, 0.15) is 11.6 Å². The van der Waals surface area contributed by atoms with Crippen molar-refractivity contribution in [1.82, 2.24) is 14.5 Å². The number of para-hydroxylation sites is 1. The molecule has 1 N–H and O–H groups in total. The molecule has 2 heterocycles. The van der Waals surface area contributed by atoms with E-state index in [1.807, 2.05) is 29.2 Å². The van der Waals surface area contributed by atoms with Gasteiger partial charge in [-0.25, -0.2) is 4.79 Å². The molecule has 1 fully saturated rings. The first kappa shape index (κ1) is 28.0. The Labute approximate surface area is 246 Å². The predicted octanol–water partition coefficient (Wildman–Crippen LogP) is 6.68. The molecule has 0 aliphatic carbocycles. The van der Waals surface area contributed by atoms with Crippen LogP contribution in [0, 0.1) is 0 Å². The molecule has 0 atom stereocenters. The van der Waals surface area contributed by atoms with Gasteiger partial charge in [0.05, 0.1) is 21.2 Å². The van der Waals surface area contributed by atoms with Crippen LogP contribution in [-0.2, 0) is 4.79 Å². The SMILES string of the molecule is C=CC(=O)N1CCN(c2nc(=O)n(-c3ccccc3C(C)C)c3cc(-c4cc(O)cc(Cl)c4Cl)c(Cl)cc23)CC1. The fourth-order valence-corrected chi connectivity index (χ4v) is 5.82. The molecule has 0 spiro atoms. The van der Waals surface area contributed by atoms with E-state index in [1.165, 1.54) is 18.2 Å². The average molecular weight is 598 g/mol. The number of carbonyl (C=O) groups is 1. The molecular formula is C30H27Cl3N4O3. The number of hydrogen-bond acceptors (Lipinski definition) is 5. The fraction of sp³-hybridized carbons (Fsp3) is 0.233. The molecule has 7 nitrogen and oxygen atoms in total. The van der Waals surface area contributed by atoms with Gasteiger partial charge in [0.2, 0.25) is 5.91 Å². The zero-order valence-corrected chi connectivity index (χ0v) is 24.3. The molecule has 1 amide bonds. The van der Waals surface area contributed by atoms with Crippen molar-refractivity contribution in [3.63, 3.8) is 0 Å². The summed E-state index contributed by atoms with van der Waals surface area (Å²) in [7, 11) is 0. The molecule has 0 saturated carbocycles. The van der Waals surface area contributed by atoms with E-state index in [9.17, 15) is 14.7 Å². The van der Waals surface area contributed by atoms with Crippen LogP contribution in [0.25, 0.3) is 27.7 Å². The highest BCUT2D eigenvalue weighted by atomic mass is 35.5. The standard InChI is InChI=1S/C30H27Cl3N4O3/c1-4-27(39)35-9-11-36(12-10-35)29-22-15-23(31)20(21-13-18(38)14-24(32)28(21)33)16-26(22)37(30(40)34-29)25-8-6-5-7-19(25)17(2)3/h4-8,13-17,38H,1,9-12H2,2-3H3. The Kier molecular flexibility index (Phi) is 7.82. The van der Waals surface area contributed by atoms with Gasteiger partial charge in [0.15, 0.2) is 0 Å². The van der Waals surface area contributed by atoms with Crippen LogP contribution in [0.3, 0.4) is 0 Å². The summed E-state index contributed by atoms with van der Waals surface area (Å²) in [5, 5.41) is 11.7. The molecule has 40 heavy (non-hydrogen) atoms. The summed E-state index contributed by atoms with van der Waals surface area (Å²) in [6.07, 6.45) is 1.30. The molecule has 10 heteroatoms. The number of phenols is 1. The second-order valence-corrected chi connectivity index (χ2v) is 11.1. The number of piperazine rings is 1. The smallest absolute Gasteiger partial charge is 0.354 e. The van der Waals surface area contributed by atoms with E-state index in [1.54, 1.807) is 21.6 Å². The molecule has 3 aromatic carbocycles. The Balaban J connectivity index is 1.78. The number of fused-ring (bicyclic) bond motifs is 1. The molecule has 1 aliphatic rings. The Hall–Kier alpha value is -3.52. The third kappa shape index (κ3) is 5.05. The lowest BCUT2D eigenvalue weighted by Gasteiger charge is -2.35. The summed E-state index contributed by atoms with van der Waals surface area (Å²) >= 11 is 19.7. The number of benzene rings is 3. The van der Waals surface area contributed by atoms with Crippen LogP contribution in [0.4, 0.5) is 5.82 Å². The molecule has 1 saturated heterocycles. The van der Waals surface area contributed by atoms with Crippen LogP contribution in [0.15, 0.2) is 66.0 Å². The number of phenolic OH excluding ortho intramolecular Hbond substituents is 1. The lowest BCUT2D eigenvalue weighted by Crippen LogP contribution is -2.49. The van der Waals surface area contributed by atoms with Gasteiger partial charge in [-0.05, 0) is 41.8 Å². The minimum absolute atomic E-state index is 0.0644. The molecule has 0 radical (unpaired) electrons. The largest absolute Gasteiger partial charge is 0.508 e.